The van der Waals surface area contributed by atoms with Crippen molar-refractivity contribution in [3.05, 3.63) is 65.5 Å². The number of carbonyl (C=O) groups excluding carboxylic acids is 2. The molecule has 2 aromatic rings. The molecule has 0 radical (unpaired) electrons. The van der Waals surface area contributed by atoms with Crippen molar-refractivity contribution < 1.29 is 27.5 Å². The standard InChI is InChI=1S/C19H18F3NO3/c1-11(13-6-4-3-5-7-13)10-16(24)26-12(2)19(25)23-15-9-8-14(20)17(21)18(15)22/h3-9,11-12H,10H2,1-2H3,(H,23,25)/t11-,12-/m0/s1. The second kappa shape index (κ2) is 8.51. The number of hydrogen-bond acceptors (Lipinski definition) is 3. The first-order chi connectivity index (χ1) is 12.3. The molecule has 0 aliphatic heterocycles. The molecule has 0 saturated carbocycles. The van der Waals surface area contributed by atoms with Crippen molar-refractivity contribution >= 4 is 17.6 Å². The van der Waals surface area contributed by atoms with Gasteiger partial charge in [-0.15, -0.1) is 0 Å². The molecule has 4 nitrogen and oxygen atoms in total. The van der Waals surface area contributed by atoms with Crippen LogP contribution in [0.1, 0.15) is 31.7 Å². The van der Waals surface area contributed by atoms with Crippen LogP contribution < -0.4 is 5.32 Å². The minimum absolute atomic E-state index is 0.0567. The van der Waals surface area contributed by atoms with Crippen LogP contribution in [0, 0.1) is 17.5 Å². The average molecular weight is 365 g/mol. The Labute approximate surface area is 149 Å². The summed E-state index contributed by atoms with van der Waals surface area (Å²) >= 11 is 0. The van der Waals surface area contributed by atoms with Gasteiger partial charge in [-0.2, -0.15) is 0 Å². The van der Waals surface area contributed by atoms with Gasteiger partial charge >= 0.3 is 5.97 Å². The SMILES string of the molecule is C[C@H](OC(=O)C[C@H](C)c1ccccc1)C(=O)Nc1ccc(F)c(F)c1F. The minimum atomic E-state index is -1.69. The zero-order chi connectivity index (χ0) is 19.3. The monoisotopic (exact) mass is 365 g/mol. The van der Waals surface area contributed by atoms with Gasteiger partial charge in [-0.3, -0.25) is 9.59 Å². The van der Waals surface area contributed by atoms with E-state index in [0.29, 0.717) is 6.07 Å². The largest absolute Gasteiger partial charge is 0.453 e. The van der Waals surface area contributed by atoms with Crippen molar-refractivity contribution in [2.45, 2.75) is 32.3 Å². The molecule has 2 atom stereocenters. The molecule has 26 heavy (non-hydrogen) atoms. The summed E-state index contributed by atoms with van der Waals surface area (Å²) in [5, 5.41) is 2.07. The molecule has 1 amide bonds. The molecule has 0 heterocycles. The van der Waals surface area contributed by atoms with E-state index in [0.717, 1.165) is 11.6 Å². The van der Waals surface area contributed by atoms with Gasteiger partial charge in [-0.25, -0.2) is 13.2 Å². The molecule has 0 aromatic heterocycles. The second-order valence-electron chi connectivity index (χ2n) is 5.86. The fourth-order valence-corrected chi connectivity index (χ4v) is 2.31. The van der Waals surface area contributed by atoms with Crippen molar-refractivity contribution in [2.24, 2.45) is 0 Å². The molecule has 0 bridgehead atoms. The third-order valence-corrected chi connectivity index (χ3v) is 3.81. The average Bonchev–Trinajstić information content (AvgIpc) is 2.62. The van der Waals surface area contributed by atoms with Crippen LogP contribution >= 0.6 is 0 Å². The number of ether oxygens (including phenoxy) is 1. The fraction of sp³-hybridized carbons (Fsp3) is 0.263. The molecule has 0 saturated heterocycles. The molecular weight excluding hydrogens is 347 g/mol. The Morgan fingerprint density at radius 2 is 1.65 bits per heavy atom. The van der Waals surface area contributed by atoms with Crippen LogP contribution in [0.25, 0.3) is 0 Å². The highest BCUT2D eigenvalue weighted by Gasteiger charge is 2.22. The molecule has 0 spiro atoms. The quantitative estimate of drug-likeness (QED) is 0.618. The summed E-state index contributed by atoms with van der Waals surface area (Å²) in [6, 6.07) is 10.9. The predicted molar refractivity (Wildman–Crippen MR) is 90.0 cm³/mol. The van der Waals surface area contributed by atoms with Gasteiger partial charge in [0, 0.05) is 0 Å². The van der Waals surface area contributed by atoms with E-state index < -0.39 is 41.1 Å². The Bertz CT molecular complexity index is 796. The molecule has 0 unspecified atom stereocenters. The lowest BCUT2D eigenvalue weighted by atomic mass is 9.98. The molecule has 138 valence electrons. The number of hydrogen-bond donors (Lipinski definition) is 1. The molecule has 0 aliphatic carbocycles. The van der Waals surface area contributed by atoms with Gasteiger partial charge < -0.3 is 10.1 Å². The number of esters is 1. The van der Waals surface area contributed by atoms with Crippen molar-refractivity contribution in [3.8, 4) is 0 Å². The summed E-state index contributed by atoms with van der Waals surface area (Å²) in [5.74, 6) is -6.14. The molecule has 0 fully saturated rings. The summed E-state index contributed by atoms with van der Waals surface area (Å²) in [7, 11) is 0. The second-order valence-corrected chi connectivity index (χ2v) is 5.86. The molecule has 0 aliphatic rings. The number of anilines is 1. The van der Waals surface area contributed by atoms with E-state index >= 15 is 0 Å². The summed E-state index contributed by atoms with van der Waals surface area (Å²) in [4.78, 5) is 24.0. The fourth-order valence-electron chi connectivity index (χ4n) is 2.31. The predicted octanol–water partition coefficient (Wildman–Crippen LogP) is 4.17. The lowest BCUT2D eigenvalue weighted by Crippen LogP contribution is -2.30. The van der Waals surface area contributed by atoms with E-state index in [9.17, 15) is 22.8 Å². The highest BCUT2D eigenvalue weighted by atomic mass is 19.2. The van der Waals surface area contributed by atoms with Gasteiger partial charge in [0.25, 0.3) is 5.91 Å². The number of benzene rings is 2. The summed E-state index contributed by atoms with van der Waals surface area (Å²) < 4.78 is 44.7. The Morgan fingerprint density at radius 3 is 2.31 bits per heavy atom. The third kappa shape index (κ3) is 4.84. The Morgan fingerprint density at radius 1 is 1.00 bits per heavy atom. The first-order valence-electron chi connectivity index (χ1n) is 7.98. The number of rotatable bonds is 6. The highest BCUT2D eigenvalue weighted by Crippen LogP contribution is 2.21. The van der Waals surface area contributed by atoms with Crippen LogP contribution in [0.15, 0.2) is 42.5 Å². The van der Waals surface area contributed by atoms with Crippen LogP contribution in [0.3, 0.4) is 0 Å². The zero-order valence-corrected chi connectivity index (χ0v) is 14.3. The number of nitrogens with one attached hydrogen (secondary N) is 1. The number of carbonyl (C=O) groups is 2. The van der Waals surface area contributed by atoms with Crippen molar-refractivity contribution in [1.29, 1.82) is 0 Å². The smallest absolute Gasteiger partial charge is 0.307 e. The van der Waals surface area contributed by atoms with Crippen molar-refractivity contribution in [3.63, 3.8) is 0 Å². The van der Waals surface area contributed by atoms with E-state index in [1.54, 1.807) is 0 Å². The molecular formula is C19H18F3NO3. The van der Waals surface area contributed by atoms with E-state index in [2.05, 4.69) is 5.32 Å². The lowest BCUT2D eigenvalue weighted by Gasteiger charge is -2.16. The van der Waals surface area contributed by atoms with E-state index in [4.69, 9.17) is 4.74 Å². The highest BCUT2D eigenvalue weighted by molar-refractivity contribution is 5.95. The van der Waals surface area contributed by atoms with E-state index in [-0.39, 0.29) is 12.3 Å². The maximum Gasteiger partial charge on any atom is 0.307 e. The number of amides is 1. The van der Waals surface area contributed by atoms with Crippen molar-refractivity contribution in [1.82, 2.24) is 0 Å². The van der Waals surface area contributed by atoms with Gasteiger partial charge in [0.15, 0.2) is 23.6 Å². The minimum Gasteiger partial charge on any atom is -0.453 e. The van der Waals surface area contributed by atoms with E-state index in [1.165, 1.54) is 6.92 Å². The molecule has 2 rings (SSSR count). The Hall–Kier alpha value is -2.83. The van der Waals surface area contributed by atoms with Gasteiger partial charge in [-0.05, 0) is 30.5 Å². The Balaban J connectivity index is 1.92. The van der Waals surface area contributed by atoms with Crippen LogP contribution in [0.5, 0.6) is 0 Å². The normalized spacial score (nSPS) is 13.0. The van der Waals surface area contributed by atoms with Crippen LogP contribution in [0.4, 0.5) is 18.9 Å². The summed E-state index contributed by atoms with van der Waals surface area (Å²) in [5.41, 5.74) is 0.417. The van der Waals surface area contributed by atoms with Gasteiger partial charge in [-0.1, -0.05) is 37.3 Å². The van der Waals surface area contributed by atoms with Crippen LogP contribution in [0.2, 0.25) is 0 Å². The van der Waals surface area contributed by atoms with Gasteiger partial charge in [0.2, 0.25) is 0 Å². The first-order valence-corrected chi connectivity index (χ1v) is 7.98. The summed E-state index contributed by atoms with van der Waals surface area (Å²) in [6.07, 6.45) is -1.17. The summed E-state index contributed by atoms with van der Waals surface area (Å²) in [6.45, 7) is 3.15. The molecule has 7 heteroatoms. The lowest BCUT2D eigenvalue weighted by molar-refractivity contribution is -0.153. The number of halogens is 3. The maximum absolute atomic E-state index is 13.6. The van der Waals surface area contributed by atoms with Crippen LogP contribution in [-0.2, 0) is 14.3 Å². The molecule has 1 N–H and O–H groups in total. The molecule has 2 aromatic carbocycles. The van der Waals surface area contributed by atoms with Gasteiger partial charge in [0.1, 0.15) is 0 Å². The van der Waals surface area contributed by atoms with Crippen LogP contribution in [-0.4, -0.2) is 18.0 Å². The van der Waals surface area contributed by atoms with Crippen molar-refractivity contribution in [2.75, 3.05) is 5.32 Å². The maximum atomic E-state index is 13.6. The topological polar surface area (TPSA) is 55.4 Å². The third-order valence-electron chi connectivity index (χ3n) is 3.81. The zero-order valence-electron chi connectivity index (χ0n) is 14.3. The first kappa shape index (κ1) is 19.5. The Kier molecular flexibility index (Phi) is 6.38. The van der Waals surface area contributed by atoms with E-state index in [1.807, 2.05) is 37.3 Å². The van der Waals surface area contributed by atoms with Gasteiger partial charge in [0.05, 0.1) is 12.1 Å².